The van der Waals surface area contributed by atoms with Crippen LogP contribution in [0, 0.1) is 6.92 Å². The lowest BCUT2D eigenvalue weighted by Gasteiger charge is -2.21. The Morgan fingerprint density at radius 1 is 0.944 bits per heavy atom. The molecule has 0 bridgehead atoms. The number of sulfonamides is 1. The predicted octanol–water partition coefficient (Wildman–Crippen LogP) is 5.83. The highest BCUT2D eigenvalue weighted by atomic mass is 35.5. The van der Waals surface area contributed by atoms with E-state index in [9.17, 15) is 13.2 Å². The number of anilines is 1. The molecule has 1 amide bonds. The number of halogens is 1. The molecule has 0 aliphatic heterocycles. The molecule has 0 aliphatic carbocycles. The second kappa shape index (κ2) is 9.89. The Hall–Kier alpha value is -3.46. The Kier molecular flexibility index (Phi) is 7.04. The van der Waals surface area contributed by atoms with Crippen LogP contribution in [0.5, 0.6) is 0 Å². The van der Waals surface area contributed by atoms with Gasteiger partial charge in [0, 0.05) is 21.8 Å². The van der Waals surface area contributed by atoms with E-state index in [1.54, 1.807) is 98.2 Å². The highest BCUT2D eigenvalue weighted by Gasteiger charge is 2.25. The first-order valence-electron chi connectivity index (χ1n) is 11.3. The number of hydrogen-bond donors (Lipinski definition) is 2. The minimum absolute atomic E-state index is 0.192. The summed E-state index contributed by atoms with van der Waals surface area (Å²) in [5.74, 6) is -0.333. The quantitative estimate of drug-likeness (QED) is 0.333. The average Bonchev–Trinajstić information content (AvgIpc) is 3.20. The fourth-order valence-corrected chi connectivity index (χ4v) is 5.63. The third-order valence-electron chi connectivity index (χ3n) is 5.19. The van der Waals surface area contributed by atoms with E-state index in [1.165, 1.54) is 0 Å². The van der Waals surface area contributed by atoms with Gasteiger partial charge in [-0.15, -0.1) is 0 Å². The van der Waals surface area contributed by atoms with Crippen molar-refractivity contribution in [3.05, 3.63) is 95.3 Å². The van der Waals surface area contributed by atoms with Gasteiger partial charge in [0.25, 0.3) is 5.91 Å². The van der Waals surface area contributed by atoms with Crippen LogP contribution in [0.2, 0.25) is 5.02 Å². The Labute approximate surface area is 216 Å². The normalized spacial score (nSPS) is 11.9. The van der Waals surface area contributed by atoms with E-state index in [4.69, 9.17) is 11.6 Å². The lowest BCUT2D eigenvalue weighted by atomic mass is 10.1. The fourth-order valence-electron chi connectivity index (χ4n) is 3.79. The van der Waals surface area contributed by atoms with E-state index in [-0.39, 0.29) is 10.8 Å². The van der Waals surface area contributed by atoms with Crippen LogP contribution in [0.1, 0.15) is 37.0 Å². The van der Waals surface area contributed by atoms with Crippen molar-refractivity contribution in [2.45, 2.75) is 38.1 Å². The zero-order valence-electron chi connectivity index (χ0n) is 20.4. The number of aryl methyl sites for hydroxylation is 1. The molecule has 2 N–H and O–H groups in total. The van der Waals surface area contributed by atoms with Gasteiger partial charge in [-0.3, -0.25) is 4.79 Å². The number of aromatic nitrogens is 2. The van der Waals surface area contributed by atoms with Gasteiger partial charge in [0.05, 0.1) is 16.3 Å². The number of hydrogen-bond acceptors (Lipinski definition) is 4. The van der Waals surface area contributed by atoms with Crippen LogP contribution in [-0.2, 0) is 10.0 Å². The average molecular weight is 523 g/mol. The predicted molar refractivity (Wildman–Crippen MR) is 143 cm³/mol. The first kappa shape index (κ1) is 25.6. The van der Waals surface area contributed by atoms with E-state index in [2.05, 4.69) is 15.1 Å². The van der Waals surface area contributed by atoms with Crippen molar-refractivity contribution in [2.24, 2.45) is 0 Å². The molecule has 4 aromatic rings. The van der Waals surface area contributed by atoms with Crippen molar-refractivity contribution in [1.82, 2.24) is 14.5 Å². The minimum Gasteiger partial charge on any atom is -0.321 e. The molecule has 0 spiro atoms. The minimum atomic E-state index is -3.73. The van der Waals surface area contributed by atoms with Crippen molar-refractivity contribution in [2.75, 3.05) is 5.32 Å². The van der Waals surface area contributed by atoms with E-state index in [0.29, 0.717) is 38.9 Å². The summed E-state index contributed by atoms with van der Waals surface area (Å²) in [6, 6.07) is 22.7. The highest BCUT2D eigenvalue weighted by molar-refractivity contribution is 7.89. The van der Waals surface area contributed by atoms with Gasteiger partial charge in [-0.2, -0.15) is 5.10 Å². The standard InChI is InChI=1S/C27H27ClN4O3S/c1-18-16-24(32(30-18)22-9-7-8-20(28)17-22)26(33)29-21-14-12-19(13-15-21)23-10-5-6-11-25(23)36(34,35)31-27(2,3)4/h5-17,31H,1-4H3,(H,29,33). The topological polar surface area (TPSA) is 93.1 Å². The number of nitrogens with one attached hydrogen (secondary N) is 2. The number of carbonyl (C=O) groups excluding carboxylic acids is 1. The molecule has 0 radical (unpaired) electrons. The molecule has 0 atom stereocenters. The monoisotopic (exact) mass is 522 g/mol. The maximum Gasteiger partial charge on any atom is 0.274 e. The van der Waals surface area contributed by atoms with E-state index in [1.807, 2.05) is 13.0 Å². The SMILES string of the molecule is Cc1cc(C(=O)Nc2ccc(-c3ccccc3S(=O)(=O)NC(C)(C)C)cc2)n(-c2cccc(Cl)c2)n1. The lowest BCUT2D eigenvalue weighted by molar-refractivity contribution is 0.101. The molecule has 36 heavy (non-hydrogen) atoms. The second-order valence-electron chi connectivity index (χ2n) is 9.45. The smallest absolute Gasteiger partial charge is 0.274 e. The summed E-state index contributed by atoms with van der Waals surface area (Å²) in [4.78, 5) is 13.3. The van der Waals surface area contributed by atoms with Gasteiger partial charge in [-0.25, -0.2) is 17.8 Å². The molecule has 0 saturated carbocycles. The highest BCUT2D eigenvalue weighted by Crippen LogP contribution is 2.29. The molecule has 9 heteroatoms. The second-order valence-corrected chi connectivity index (χ2v) is 11.5. The Balaban J connectivity index is 1.59. The van der Waals surface area contributed by atoms with Crippen LogP contribution in [0.4, 0.5) is 5.69 Å². The summed E-state index contributed by atoms with van der Waals surface area (Å²) < 4.78 is 30.2. The molecule has 0 aliphatic rings. The van der Waals surface area contributed by atoms with Crippen molar-refractivity contribution >= 4 is 33.2 Å². The largest absolute Gasteiger partial charge is 0.321 e. The Bertz CT molecular complexity index is 1520. The van der Waals surface area contributed by atoms with Crippen LogP contribution >= 0.6 is 11.6 Å². The van der Waals surface area contributed by atoms with Gasteiger partial charge in [0.15, 0.2) is 0 Å². The van der Waals surface area contributed by atoms with Crippen LogP contribution in [0.3, 0.4) is 0 Å². The van der Waals surface area contributed by atoms with Gasteiger partial charge < -0.3 is 5.32 Å². The third kappa shape index (κ3) is 5.84. The fraction of sp³-hybridized carbons (Fsp3) is 0.185. The van der Waals surface area contributed by atoms with Crippen molar-refractivity contribution in [1.29, 1.82) is 0 Å². The molecular weight excluding hydrogens is 496 g/mol. The summed E-state index contributed by atoms with van der Waals surface area (Å²) in [7, 11) is -3.73. The first-order valence-corrected chi connectivity index (χ1v) is 13.2. The van der Waals surface area contributed by atoms with Crippen LogP contribution < -0.4 is 10.0 Å². The maximum atomic E-state index is 13.1. The lowest BCUT2D eigenvalue weighted by Crippen LogP contribution is -2.40. The summed E-state index contributed by atoms with van der Waals surface area (Å²) in [6.07, 6.45) is 0. The van der Waals surface area contributed by atoms with Gasteiger partial charge in [-0.1, -0.05) is 48.0 Å². The zero-order valence-corrected chi connectivity index (χ0v) is 22.0. The molecule has 186 valence electrons. The molecule has 1 aromatic heterocycles. The number of amides is 1. The van der Waals surface area contributed by atoms with Gasteiger partial charge >= 0.3 is 0 Å². The molecule has 3 aromatic carbocycles. The maximum absolute atomic E-state index is 13.1. The molecular formula is C27H27ClN4O3S. The zero-order chi connectivity index (χ0) is 26.1. The molecule has 7 nitrogen and oxygen atoms in total. The van der Waals surface area contributed by atoms with Crippen molar-refractivity contribution in [3.63, 3.8) is 0 Å². The van der Waals surface area contributed by atoms with Crippen molar-refractivity contribution < 1.29 is 13.2 Å². The van der Waals surface area contributed by atoms with Gasteiger partial charge in [0.2, 0.25) is 10.0 Å². The first-order chi connectivity index (χ1) is 16.9. The number of nitrogens with zero attached hydrogens (tertiary/aromatic N) is 2. The molecule has 4 rings (SSSR count). The third-order valence-corrected chi connectivity index (χ3v) is 7.24. The van der Waals surface area contributed by atoms with Crippen LogP contribution in [0.25, 0.3) is 16.8 Å². The number of benzene rings is 3. The molecule has 0 saturated heterocycles. The Morgan fingerprint density at radius 2 is 1.64 bits per heavy atom. The Morgan fingerprint density at radius 3 is 2.31 bits per heavy atom. The number of carbonyl (C=O) groups is 1. The molecule has 0 fully saturated rings. The molecule has 0 unspecified atom stereocenters. The van der Waals surface area contributed by atoms with Crippen LogP contribution in [0.15, 0.2) is 83.8 Å². The van der Waals surface area contributed by atoms with Crippen LogP contribution in [-0.4, -0.2) is 29.6 Å². The van der Waals surface area contributed by atoms with Crippen molar-refractivity contribution in [3.8, 4) is 16.8 Å². The van der Waals surface area contributed by atoms with E-state index < -0.39 is 15.6 Å². The summed E-state index contributed by atoms with van der Waals surface area (Å²) in [5, 5.41) is 7.86. The summed E-state index contributed by atoms with van der Waals surface area (Å²) in [6.45, 7) is 7.20. The van der Waals surface area contributed by atoms with Gasteiger partial charge in [0.1, 0.15) is 5.69 Å². The van der Waals surface area contributed by atoms with E-state index in [0.717, 1.165) is 0 Å². The molecule has 1 heterocycles. The number of rotatable bonds is 6. The van der Waals surface area contributed by atoms with Gasteiger partial charge in [-0.05, 0) is 75.7 Å². The summed E-state index contributed by atoms with van der Waals surface area (Å²) in [5.41, 5.74) is 2.96. The summed E-state index contributed by atoms with van der Waals surface area (Å²) >= 11 is 6.12. The van der Waals surface area contributed by atoms with E-state index >= 15 is 0 Å².